The molecule has 114 valence electrons. The van der Waals surface area contributed by atoms with Crippen LogP contribution >= 0.6 is 0 Å². The summed E-state index contributed by atoms with van der Waals surface area (Å²) in [5.41, 5.74) is 1.15. The largest absolute Gasteiger partial charge is 0.335 e. The minimum absolute atomic E-state index is 0.0613. The Balaban J connectivity index is 1.73. The van der Waals surface area contributed by atoms with Gasteiger partial charge in [0, 0.05) is 18.2 Å². The lowest BCUT2D eigenvalue weighted by atomic mass is 9.98. The number of hydrogen-bond donors (Lipinski definition) is 1. The third-order valence-electron chi connectivity index (χ3n) is 4.51. The van der Waals surface area contributed by atoms with Crippen molar-refractivity contribution in [2.75, 3.05) is 19.6 Å². The Labute approximate surface area is 125 Å². The zero-order valence-corrected chi connectivity index (χ0v) is 12.6. The molecule has 0 radical (unpaired) electrons. The van der Waals surface area contributed by atoms with Gasteiger partial charge in [0.2, 0.25) is 0 Å². The second kappa shape index (κ2) is 6.14. The highest BCUT2D eigenvalue weighted by molar-refractivity contribution is 5.94. The van der Waals surface area contributed by atoms with Crippen molar-refractivity contribution in [3.63, 3.8) is 0 Å². The predicted molar refractivity (Wildman–Crippen MR) is 80.8 cm³/mol. The van der Waals surface area contributed by atoms with Gasteiger partial charge in [-0.25, -0.2) is 4.39 Å². The molecule has 1 heterocycles. The summed E-state index contributed by atoms with van der Waals surface area (Å²) in [6.07, 6.45) is 4.58. The van der Waals surface area contributed by atoms with Gasteiger partial charge in [0.15, 0.2) is 0 Å². The van der Waals surface area contributed by atoms with Gasteiger partial charge in [-0.15, -0.1) is 0 Å². The van der Waals surface area contributed by atoms with Crippen LogP contribution in [0.2, 0.25) is 0 Å². The van der Waals surface area contributed by atoms with Crippen molar-refractivity contribution in [1.29, 1.82) is 0 Å². The van der Waals surface area contributed by atoms with Gasteiger partial charge in [0.25, 0.3) is 5.91 Å². The van der Waals surface area contributed by atoms with Gasteiger partial charge >= 0.3 is 0 Å². The van der Waals surface area contributed by atoms with Crippen LogP contribution in [0.4, 0.5) is 4.39 Å². The molecular formula is C17H23FN2O. The summed E-state index contributed by atoms with van der Waals surface area (Å²) < 4.78 is 13.4. The van der Waals surface area contributed by atoms with E-state index >= 15 is 0 Å². The van der Waals surface area contributed by atoms with E-state index < -0.39 is 0 Å². The van der Waals surface area contributed by atoms with E-state index in [4.69, 9.17) is 0 Å². The zero-order chi connectivity index (χ0) is 14.8. The van der Waals surface area contributed by atoms with Crippen LogP contribution in [0.3, 0.4) is 0 Å². The van der Waals surface area contributed by atoms with E-state index in [1.807, 2.05) is 4.90 Å². The van der Waals surface area contributed by atoms with Crippen molar-refractivity contribution < 1.29 is 9.18 Å². The molecule has 3 rings (SSSR count). The van der Waals surface area contributed by atoms with Gasteiger partial charge < -0.3 is 10.2 Å². The number of benzene rings is 1. The van der Waals surface area contributed by atoms with Crippen molar-refractivity contribution in [3.8, 4) is 0 Å². The fourth-order valence-electron chi connectivity index (χ4n) is 3.09. The molecule has 21 heavy (non-hydrogen) atoms. The van der Waals surface area contributed by atoms with E-state index in [2.05, 4.69) is 5.32 Å². The summed E-state index contributed by atoms with van der Waals surface area (Å²) in [6.45, 7) is 4.62. The smallest absolute Gasteiger partial charge is 0.254 e. The molecule has 1 atom stereocenters. The molecule has 0 bridgehead atoms. The van der Waals surface area contributed by atoms with Crippen LogP contribution < -0.4 is 5.32 Å². The Bertz CT molecular complexity index is 522. The molecule has 1 saturated carbocycles. The minimum Gasteiger partial charge on any atom is -0.335 e. The van der Waals surface area contributed by atoms with Crippen molar-refractivity contribution >= 4 is 5.91 Å². The molecule has 1 unspecified atom stereocenters. The fraction of sp³-hybridized carbons (Fsp3) is 0.588. The van der Waals surface area contributed by atoms with Gasteiger partial charge in [-0.3, -0.25) is 4.79 Å². The summed E-state index contributed by atoms with van der Waals surface area (Å²) in [7, 11) is 0. The van der Waals surface area contributed by atoms with E-state index in [1.165, 1.54) is 18.9 Å². The first-order valence-electron chi connectivity index (χ1n) is 7.93. The van der Waals surface area contributed by atoms with Gasteiger partial charge in [-0.1, -0.05) is 0 Å². The van der Waals surface area contributed by atoms with E-state index in [0.717, 1.165) is 32.5 Å². The number of halogens is 1. The quantitative estimate of drug-likeness (QED) is 0.925. The van der Waals surface area contributed by atoms with E-state index in [-0.39, 0.29) is 11.7 Å². The summed E-state index contributed by atoms with van der Waals surface area (Å²) in [5.74, 6) is 0.358. The van der Waals surface area contributed by atoms with Crippen LogP contribution in [-0.2, 0) is 0 Å². The molecule has 1 aliphatic carbocycles. The van der Waals surface area contributed by atoms with Gasteiger partial charge in [-0.05, 0) is 75.4 Å². The number of nitrogens with one attached hydrogen (secondary N) is 1. The standard InChI is InChI=1S/C17H23FN2O/c1-12-9-14(4-7-16(12)18)17(21)20(15-5-6-15)11-13-3-2-8-19-10-13/h4,7,9,13,15,19H,2-3,5-6,8,10-11H2,1H3. The number of carbonyl (C=O) groups is 1. The predicted octanol–water partition coefficient (Wildman–Crippen LogP) is 2.74. The van der Waals surface area contributed by atoms with Crippen LogP contribution in [0.25, 0.3) is 0 Å². The van der Waals surface area contributed by atoms with Gasteiger partial charge in [0.05, 0.1) is 0 Å². The maximum absolute atomic E-state index is 13.4. The van der Waals surface area contributed by atoms with Crippen LogP contribution in [0, 0.1) is 18.7 Å². The third kappa shape index (κ3) is 3.43. The van der Waals surface area contributed by atoms with Crippen molar-refractivity contribution in [1.82, 2.24) is 10.2 Å². The third-order valence-corrected chi connectivity index (χ3v) is 4.51. The lowest BCUT2D eigenvalue weighted by molar-refractivity contribution is 0.0704. The van der Waals surface area contributed by atoms with Gasteiger partial charge in [0.1, 0.15) is 5.82 Å². The normalized spacial score (nSPS) is 22.1. The first-order chi connectivity index (χ1) is 10.1. The SMILES string of the molecule is Cc1cc(C(=O)N(CC2CCCNC2)C2CC2)ccc1F. The monoisotopic (exact) mass is 290 g/mol. The Morgan fingerprint density at radius 3 is 2.81 bits per heavy atom. The van der Waals surface area contributed by atoms with Crippen LogP contribution in [0.1, 0.15) is 41.6 Å². The molecular weight excluding hydrogens is 267 g/mol. The van der Waals surface area contributed by atoms with Crippen molar-refractivity contribution in [2.24, 2.45) is 5.92 Å². The highest BCUT2D eigenvalue weighted by Crippen LogP contribution is 2.30. The van der Waals surface area contributed by atoms with Crippen LogP contribution in [0.5, 0.6) is 0 Å². The highest BCUT2D eigenvalue weighted by Gasteiger charge is 2.34. The van der Waals surface area contributed by atoms with E-state index in [9.17, 15) is 9.18 Å². The zero-order valence-electron chi connectivity index (χ0n) is 12.6. The molecule has 1 N–H and O–H groups in total. The number of amides is 1. The maximum Gasteiger partial charge on any atom is 0.254 e. The van der Waals surface area contributed by atoms with Crippen molar-refractivity contribution in [3.05, 3.63) is 35.1 Å². The van der Waals surface area contributed by atoms with E-state index in [0.29, 0.717) is 23.1 Å². The Morgan fingerprint density at radius 2 is 2.19 bits per heavy atom. The molecule has 2 fully saturated rings. The number of nitrogens with zero attached hydrogens (tertiary/aromatic N) is 1. The molecule has 0 aromatic heterocycles. The summed E-state index contributed by atoms with van der Waals surface area (Å²) in [4.78, 5) is 14.8. The molecule has 2 aliphatic rings. The number of carbonyl (C=O) groups excluding carboxylic acids is 1. The molecule has 4 heteroatoms. The van der Waals surface area contributed by atoms with E-state index in [1.54, 1.807) is 19.1 Å². The molecule has 0 spiro atoms. The number of aryl methyl sites for hydroxylation is 1. The summed E-state index contributed by atoms with van der Waals surface area (Å²) in [6, 6.07) is 5.08. The molecule has 1 aromatic rings. The van der Waals surface area contributed by atoms with Crippen LogP contribution in [0.15, 0.2) is 18.2 Å². The summed E-state index contributed by atoms with van der Waals surface area (Å²) >= 11 is 0. The topological polar surface area (TPSA) is 32.3 Å². The Morgan fingerprint density at radius 1 is 1.38 bits per heavy atom. The average molecular weight is 290 g/mol. The lowest BCUT2D eigenvalue weighted by Crippen LogP contribution is -2.42. The fourth-order valence-corrected chi connectivity index (χ4v) is 3.09. The molecule has 3 nitrogen and oxygen atoms in total. The minimum atomic E-state index is -0.249. The maximum atomic E-state index is 13.4. The first kappa shape index (κ1) is 14.5. The molecule has 1 saturated heterocycles. The van der Waals surface area contributed by atoms with Gasteiger partial charge in [-0.2, -0.15) is 0 Å². The molecule has 1 amide bonds. The lowest BCUT2D eigenvalue weighted by Gasteiger charge is -2.30. The second-order valence-corrected chi connectivity index (χ2v) is 6.37. The Hall–Kier alpha value is -1.42. The van der Waals surface area contributed by atoms with Crippen LogP contribution in [-0.4, -0.2) is 36.5 Å². The second-order valence-electron chi connectivity index (χ2n) is 6.37. The number of rotatable bonds is 4. The molecule has 1 aromatic carbocycles. The first-order valence-corrected chi connectivity index (χ1v) is 7.93. The molecule has 1 aliphatic heterocycles. The van der Waals surface area contributed by atoms with Crippen molar-refractivity contribution in [2.45, 2.75) is 38.6 Å². The Kier molecular flexibility index (Phi) is 4.24. The summed E-state index contributed by atoms with van der Waals surface area (Å²) in [5, 5.41) is 3.41. The highest BCUT2D eigenvalue weighted by atomic mass is 19.1. The number of piperidine rings is 1. The number of hydrogen-bond acceptors (Lipinski definition) is 2. The average Bonchev–Trinajstić information content (AvgIpc) is 3.33.